The molecule has 0 aliphatic carbocycles. The molecule has 0 atom stereocenters. The van der Waals surface area contributed by atoms with Crippen molar-refractivity contribution in [1.29, 1.82) is 0 Å². The van der Waals surface area contributed by atoms with Crippen LogP contribution in [-0.2, 0) is 4.79 Å². The van der Waals surface area contributed by atoms with Gasteiger partial charge in [0.25, 0.3) is 0 Å². The van der Waals surface area contributed by atoms with E-state index in [-0.39, 0.29) is 5.91 Å². The smallest absolute Gasteiger partial charge is 0.295 e. The van der Waals surface area contributed by atoms with E-state index in [0.29, 0.717) is 18.7 Å². The lowest BCUT2D eigenvalue weighted by atomic mass is 9.78. The predicted molar refractivity (Wildman–Crippen MR) is 78.0 cm³/mol. The van der Waals surface area contributed by atoms with Gasteiger partial charge in [0, 0.05) is 0 Å². The molecule has 0 unspecified atom stereocenters. The van der Waals surface area contributed by atoms with Crippen LogP contribution in [0.3, 0.4) is 0 Å². The maximum Gasteiger partial charge on any atom is 0.326 e. The molecule has 1 aliphatic heterocycles. The first kappa shape index (κ1) is 14.2. The zero-order valence-electron chi connectivity index (χ0n) is 12.0. The fraction of sp³-hybridized carbons (Fsp3) is 0.400. The minimum absolute atomic E-state index is 0.280. The average molecular weight is 273 g/mol. The molecular weight excluding hydrogens is 254 g/mol. The third-order valence-corrected chi connectivity index (χ3v) is 3.80. The summed E-state index contributed by atoms with van der Waals surface area (Å²) in [5.41, 5.74) is 1.05. The Morgan fingerprint density at radius 1 is 1.15 bits per heavy atom. The van der Waals surface area contributed by atoms with Crippen LogP contribution >= 0.6 is 0 Å². The maximum atomic E-state index is 12.2. The molecule has 1 saturated heterocycles. The number of hydrogen-bond acceptors (Lipinski definition) is 3. The van der Waals surface area contributed by atoms with Gasteiger partial charge in [-0.05, 0) is 37.5 Å². The summed E-state index contributed by atoms with van der Waals surface area (Å²) in [6.07, 6.45) is 1.17. The predicted octanol–water partition coefficient (Wildman–Crippen LogP) is 2.67. The van der Waals surface area contributed by atoms with E-state index in [1.165, 1.54) is 0 Å². The first-order chi connectivity index (χ1) is 9.51. The Morgan fingerprint density at radius 3 is 2.45 bits per heavy atom. The van der Waals surface area contributed by atoms with Crippen LogP contribution in [0.1, 0.15) is 32.3 Å². The topological polar surface area (TPSA) is 70.6 Å². The highest BCUT2D eigenvalue weighted by atomic mass is 16.2. The number of carbonyl (C=O) groups excluding carboxylic acids is 2. The lowest BCUT2D eigenvalue weighted by Gasteiger charge is -2.35. The second-order valence-corrected chi connectivity index (χ2v) is 5.00. The minimum Gasteiger partial charge on any atom is -0.295 e. The highest BCUT2D eigenvalue weighted by Crippen LogP contribution is 2.31. The number of nitrogens with zero attached hydrogens (tertiary/aromatic N) is 1. The van der Waals surface area contributed by atoms with Gasteiger partial charge in [-0.25, -0.2) is 9.79 Å². The number of hydrogen-bond donors (Lipinski definition) is 2. The van der Waals surface area contributed by atoms with E-state index >= 15 is 0 Å². The van der Waals surface area contributed by atoms with Gasteiger partial charge in [-0.15, -0.1) is 0 Å². The van der Waals surface area contributed by atoms with E-state index in [2.05, 4.69) is 15.6 Å². The standard InChI is InChI=1S/C15H19N3O2/c1-4-15(5-2)12(17-14(20)18-13(15)19)16-11-8-6-7-10(3)9-11/h6-9H,4-5H2,1-3H3,(H2,16,17,18,19,20). The fourth-order valence-electron chi connectivity index (χ4n) is 2.46. The first-order valence-electron chi connectivity index (χ1n) is 6.80. The molecule has 5 nitrogen and oxygen atoms in total. The third-order valence-electron chi connectivity index (χ3n) is 3.80. The second kappa shape index (κ2) is 5.45. The number of rotatable bonds is 3. The molecule has 1 aromatic carbocycles. The van der Waals surface area contributed by atoms with Gasteiger partial charge >= 0.3 is 6.03 Å². The normalized spacial score (nSPS) is 19.6. The lowest BCUT2D eigenvalue weighted by Crippen LogP contribution is -2.62. The summed E-state index contributed by atoms with van der Waals surface area (Å²) in [7, 11) is 0. The third kappa shape index (κ3) is 2.43. The van der Waals surface area contributed by atoms with E-state index in [1.54, 1.807) is 0 Å². The molecule has 1 aliphatic rings. The second-order valence-electron chi connectivity index (χ2n) is 5.00. The number of imide groups is 1. The van der Waals surface area contributed by atoms with Crippen molar-refractivity contribution in [2.45, 2.75) is 33.6 Å². The molecule has 2 rings (SSSR count). The van der Waals surface area contributed by atoms with Crippen molar-refractivity contribution in [1.82, 2.24) is 10.6 Å². The number of carbonyl (C=O) groups is 2. The van der Waals surface area contributed by atoms with Crippen LogP contribution in [-0.4, -0.2) is 17.8 Å². The Hall–Kier alpha value is -2.17. The first-order valence-corrected chi connectivity index (χ1v) is 6.80. The van der Waals surface area contributed by atoms with E-state index in [4.69, 9.17) is 0 Å². The summed E-state index contributed by atoms with van der Waals surface area (Å²) in [5.74, 6) is 0.152. The molecule has 1 heterocycles. The number of aliphatic imine (C=N–C) groups is 1. The number of aryl methyl sites for hydroxylation is 1. The van der Waals surface area contributed by atoms with Crippen molar-refractivity contribution in [3.05, 3.63) is 29.8 Å². The Bertz CT molecular complexity index is 574. The Balaban J connectivity index is 2.49. The molecular formula is C15H19N3O2. The van der Waals surface area contributed by atoms with Gasteiger partial charge < -0.3 is 0 Å². The van der Waals surface area contributed by atoms with E-state index in [0.717, 1.165) is 11.3 Å². The lowest BCUT2D eigenvalue weighted by molar-refractivity contribution is -0.127. The van der Waals surface area contributed by atoms with Crippen molar-refractivity contribution in [3.63, 3.8) is 0 Å². The van der Waals surface area contributed by atoms with E-state index in [1.807, 2.05) is 45.0 Å². The van der Waals surface area contributed by atoms with Crippen molar-refractivity contribution < 1.29 is 9.59 Å². The molecule has 5 heteroatoms. The molecule has 1 fully saturated rings. The zero-order chi connectivity index (χ0) is 14.8. The fourth-order valence-corrected chi connectivity index (χ4v) is 2.46. The minimum atomic E-state index is -0.766. The van der Waals surface area contributed by atoms with Crippen LogP contribution in [0.25, 0.3) is 0 Å². The number of benzene rings is 1. The van der Waals surface area contributed by atoms with Crippen LogP contribution in [0.5, 0.6) is 0 Å². The Labute approximate surface area is 118 Å². The molecule has 106 valence electrons. The molecule has 0 radical (unpaired) electrons. The Kier molecular flexibility index (Phi) is 3.88. The molecule has 2 N–H and O–H groups in total. The number of urea groups is 1. The molecule has 1 aromatic rings. The SMILES string of the molecule is CCC1(CC)C(=O)NC(=O)NC1=Nc1cccc(C)c1. The largest absolute Gasteiger partial charge is 0.326 e. The van der Waals surface area contributed by atoms with E-state index < -0.39 is 11.4 Å². The van der Waals surface area contributed by atoms with Crippen LogP contribution < -0.4 is 10.6 Å². The van der Waals surface area contributed by atoms with Crippen molar-refractivity contribution in [3.8, 4) is 0 Å². The van der Waals surface area contributed by atoms with Crippen molar-refractivity contribution in [2.75, 3.05) is 0 Å². The van der Waals surface area contributed by atoms with Gasteiger partial charge in [-0.1, -0.05) is 26.0 Å². The van der Waals surface area contributed by atoms with Gasteiger partial charge in [0.2, 0.25) is 5.91 Å². The van der Waals surface area contributed by atoms with Crippen LogP contribution in [0.2, 0.25) is 0 Å². The monoisotopic (exact) mass is 273 g/mol. The van der Waals surface area contributed by atoms with Crippen molar-refractivity contribution >= 4 is 23.5 Å². The van der Waals surface area contributed by atoms with E-state index in [9.17, 15) is 9.59 Å². The average Bonchev–Trinajstić information content (AvgIpc) is 2.39. The number of amides is 3. The summed E-state index contributed by atoms with van der Waals surface area (Å²) in [4.78, 5) is 28.2. The molecule has 3 amide bonds. The summed E-state index contributed by atoms with van der Waals surface area (Å²) < 4.78 is 0. The molecule has 0 aromatic heterocycles. The molecule has 0 bridgehead atoms. The van der Waals surface area contributed by atoms with Gasteiger partial charge in [0.05, 0.1) is 5.69 Å². The zero-order valence-corrected chi connectivity index (χ0v) is 12.0. The number of nitrogens with one attached hydrogen (secondary N) is 2. The maximum absolute atomic E-state index is 12.2. The highest BCUT2D eigenvalue weighted by Gasteiger charge is 2.45. The summed E-state index contributed by atoms with van der Waals surface area (Å²) in [6, 6.07) is 7.14. The molecule has 20 heavy (non-hydrogen) atoms. The quantitative estimate of drug-likeness (QED) is 0.888. The van der Waals surface area contributed by atoms with Crippen molar-refractivity contribution in [2.24, 2.45) is 10.4 Å². The molecule has 0 spiro atoms. The van der Waals surface area contributed by atoms with Gasteiger partial charge in [0.15, 0.2) is 0 Å². The highest BCUT2D eigenvalue weighted by molar-refractivity contribution is 6.21. The Morgan fingerprint density at radius 2 is 1.85 bits per heavy atom. The van der Waals surface area contributed by atoms with Crippen LogP contribution in [0.15, 0.2) is 29.3 Å². The summed E-state index contributed by atoms with van der Waals surface area (Å²) >= 11 is 0. The summed E-state index contributed by atoms with van der Waals surface area (Å²) in [5, 5.41) is 5.02. The molecule has 0 saturated carbocycles. The summed E-state index contributed by atoms with van der Waals surface area (Å²) in [6.45, 7) is 5.82. The number of amidine groups is 1. The van der Waals surface area contributed by atoms with Gasteiger partial charge in [0.1, 0.15) is 11.3 Å². The van der Waals surface area contributed by atoms with Gasteiger partial charge in [-0.2, -0.15) is 0 Å². The van der Waals surface area contributed by atoms with Crippen LogP contribution in [0, 0.1) is 12.3 Å². The van der Waals surface area contributed by atoms with Crippen LogP contribution in [0.4, 0.5) is 10.5 Å². The van der Waals surface area contributed by atoms with Gasteiger partial charge in [-0.3, -0.25) is 15.4 Å².